The van der Waals surface area contributed by atoms with E-state index in [0.717, 1.165) is 29.6 Å². The molecule has 0 saturated heterocycles. The zero-order chi connectivity index (χ0) is 16.1. The van der Waals surface area contributed by atoms with Crippen molar-refractivity contribution in [2.45, 2.75) is 12.8 Å². The second-order valence-corrected chi connectivity index (χ2v) is 5.94. The van der Waals surface area contributed by atoms with Gasteiger partial charge < -0.3 is 15.0 Å². The van der Waals surface area contributed by atoms with Gasteiger partial charge in [-0.25, -0.2) is 0 Å². The molecule has 1 saturated carbocycles. The van der Waals surface area contributed by atoms with E-state index in [1.807, 2.05) is 54.6 Å². The number of benzene rings is 2. The summed E-state index contributed by atoms with van der Waals surface area (Å²) in [5.41, 5.74) is 0.864. The number of hydrogen-bond donors (Lipinski definition) is 1. The van der Waals surface area contributed by atoms with E-state index in [-0.39, 0.29) is 5.91 Å². The van der Waals surface area contributed by atoms with Crippen molar-refractivity contribution in [3.63, 3.8) is 0 Å². The summed E-state index contributed by atoms with van der Waals surface area (Å²) in [6, 6.07) is 17.2. The maximum absolute atomic E-state index is 12.2. The smallest absolute Gasteiger partial charge is 0.240 e. The number of anilines is 1. The highest BCUT2D eigenvalue weighted by Crippen LogP contribution is 2.27. The van der Waals surface area contributed by atoms with Crippen LogP contribution in [0.4, 0.5) is 5.69 Å². The van der Waals surface area contributed by atoms with E-state index in [9.17, 15) is 4.79 Å². The molecule has 0 aliphatic heterocycles. The van der Waals surface area contributed by atoms with Crippen LogP contribution in [0.15, 0.2) is 54.6 Å². The standard InChI is InChI=1S/C19H22N2O2/c1-21(19(22)14-20-13-15-7-8-15)16-9-11-18(12-10-16)23-17-5-3-2-4-6-17/h2-6,9-12,15,20H,7-8,13-14H2,1H3. The van der Waals surface area contributed by atoms with Crippen molar-refractivity contribution < 1.29 is 9.53 Å². The fourth-order valence-electron chi connectivity index (χ4n) is 2.33. The van der Waals surface area contributed by atoms with E-state index in [1.54, 1.807) is 11.9 Å². The van der Waals surface area contributed by atoms with Crippen LogP contribution in [0.1, 0.15) is 12.8 Å². The first kappa shape index (κ1) is 15.6. The monoisotopic (exact) mass is 310 g/mol. The first-order valence-electron chi connectivity index (χ1n) is 8.02. The zero-order valence-electron chi connectivity index (χ0n) is 13.4. The van der Waals surface area contributed by atoms with Gasteiger partial charge in [0.25, 0.3) is 0 Å². The summed E-state index contributed by atoms with van der Waals surface area (Å²) in [6.07, 6.45) is 2.58. The van der Waals surface area contributed by atoms with Crippen LogP contribution in [-0.2, 0) is 4.79 Å². The van der Waals surface area contributed by atoms with Crippen LogP contribution in [0.5, 0.6) is 11.5 Å². The molecule has 1 aliphatic rings. The third-order valence-corrected chi connectivity index (χ3v) is 3.98. The number of amides is 1. The summed E-state index contributed by atoms with van der Waals surface area (Å²) in [5.74, 6) is 2.41. The highest BCUT2D eigenvalue weighted by molar-refractivity contribution is 5.94. The Hall–Kier alpha value is -2.33. The lowest BCUT2D eigenvalue weighted by molar-refractivity contribution is -0.117. The fraction of sp³-hybridized carbons (Fsp3) is 0.316. The van der Waals surface area contributed by atoms with Gasteiger partial charge >= 0.3 is 0 Å². The van der Waals surface area contributed by atoms with Crippen molar-refractivity contribution in [1.29, 1.82) is 0 Å². The van der Waals surface area contributed by atoms with Crippen molar-refractivity contribution in [1.82, 2.24) is 5.32 Å². The minimum absolute atomic E-state index is 0.0716. The average molecular weight is 310 g/mol. The van der Waals surface area contributed by atoms with Gasteiger partial charge in [0.05, 0.1) is 6.54 Å². The molecular formula is C19H22N2O2. The molecule has 0 heterocycles. The summed E-state index contributed by atoms with van der Waals surface area (Å²) in [4.78, 5) is 13.8. The van der Waals surface area contributed by atoms with Gasteiger partial charge in [-0.05, 0) is 61.7 Å². The molecule has 120 valence electrons. The molecule has 0 unspecified atom stereocenters. The predicted molar refractivity (Wildman–Crippen MR) is 92.0 cm³/mol. The molecule has 0 radical (unpaired) electrons. The zero-order valence-corrected chi connectivity index (χ0v) is 13.4. The third kappa shape index (κ3) is 4.57. The van der Waals surface area contributed by atoms with Gasteiger partial charge in [0, 0.05) is 12.7 Å². The molecule has 4 heteroatoms. The molecule has 4 nitrogen and oxygen atoms in total. The Kier molecular flexibility index (Phi) is 4.93. The minimum Gasteiger partial charge on any atom is -0.457 e. The van der Waals surface area contributed by atoms with Gasteiger partial charge in [-0.2, -0.15) is 0 Å². The number of likely N-dealkylation sites (N-methyl/N-ethyl adjacent to an activating group) is 1. The summed E-state index contributed by atoms with van der Waals surface area (Å²) in [5, 5.41) is 3.23. The van der Waals surface area contributed by atoms with Crippen molar-refractivity contribution in [3.05, 3.63) is 54.6 Å². The normalized spacial score (nSPS) is 13.6. The second kappa shape index (κ2) is 7.29. The lowest BCUT2D eigenvalue weighted by Gasteiger charge is -2.18. The number of carbonyl (C=O) groups is 1. The van der Waals surface area contributed by atoms with Crippen LogP contribution in [0.2, 0.25) is 0 Å². The number of nitrogens with one attached hydrogen (secondary N) is 1. The van der Waals surface area contributed by atoms with E-state index in [2.05, 4.69) is 5.32 Å². The van der Waals surface area contributed by atoms with Crippen LogP contribution < -0.4 is 15.0 Å². The predicted octanol–water partition coefficient (Wildman–Crippen LogP) is 3.44. The summed E-state index contributed by atoms with van der Waals surface area (Å²) < 4.78 is 5.76. The van der Waals surface area contributed by atoms with Gasteiger partial charge in [0.1, 0.15) is 11.5 Å². The molecule has 3 rings (SSSR count). The largest absolute Gasteiger partial charge is 0.457 e. The van der Waals surface area contributed by atoms with Crippen LogP contribution >= 0.6 is 0 Å². The lowest BCUT2D eigenvalue weighted by Crippen LogP contribution is -2.36. The van der Waals surface area contributed by atoms with Gasteiger partial charge in [-0.3, -0.25) is 4.79 Å². The SMILES string of the molecule is CN(C(=O)CNCC1CC1)c1ccc(Oc2ccccc2)cc1. The molecule has 0 bridgehead atoms. The van der Waals surface area contributed by atoms with Gasteiger partial charge in [0.15, 0.2) is 0 Å². The molecule has 23 heavy (non-hydrogen) atoms. The summed E-state index contributed by atoms with van der Waals surface area (Å²) in [6.45, 7) is 1.33. The fourth-order valence-corrected chi connectivity index (χ4v) is 2.33. The molecule has 1 amide bonds. The van der Waals surface area contributed by atoms with E-state index >= 15 is 0 Å². The van der Waals surface area contributed by atoms with Crippen molar-refractivity contribution >= 4 is 11.6 Å². The van der Waals surface area contributed by atoms with Crippen LogP contribution in [0.3, 0.4) is 0 Å². The van der Waals surface area contributed by atoms with Gasteiger partial charge in [-0.1, -0.05) is 18.2 Å². The highest BCUT2D eigenvalue weighted by Gasteiger charge is 2.21. The van der Waals surface area contributed by atoms with Gasteiger partial charge in [-0.15, -0.1) is 0 Å². The van der Waals surface area contributed by atoms with Crippen molar-refractivity contribution in [3.8, 4) is 11.5 Å². The topological polar surface area (TPSA) is 41.6 Å². The number of hydrogen-bond acceptors (Lipinski definition) is 3. The maximum Gasteiger partial charge on any atom is 0.240 e. The van der Waals surface area contributed by atoms with E-state index in [0.29, 0.717) is 6.54 Å². The molecule has 1 aliphatic carbocycles. The van der Waals surface area contributed by atoms with Gasteiger partial charge in [0.2, 0.25) is 5.91 Å². The number of rotatable bonds is 7. The van der Waals surface area contributed by atoms with Crippen LogP contribution in [0.25, 0.3) is 0 Å². The Balaban J connectivity index is 1.53. The Bertz CT molecular complexity index is 636. The Morgan fingerprint density at radius 3 is 2.39 bits per heavy atom. The molecule has 0 atom stereocenters. The lowest BCUT2D eigenvalue weighted by atomic mass is 10.2. The van der Waals surface area contributed by atoms with Crippen LogP contribution in [-0.4, -0.2) is 26.0 Å². The molecule has 0 aromatic heterocycles. The van der Waals surface area contributed by atoms with Crippen molar-refractivity contribution in [2.75, 3.05) is 25.0 Å². The molecule has 0 spiro atoms. The number of nitrogens with zero attached hydrogens (tertiary/aromatic N) is 1. The number of para-hydroxylation sites is 1. The van der Waals surface area contributed by atoms with E-state index in [1.165, 1.54) is 12.8 Å². The maximum atomic E-state index is 12.2. The first-order chi connectivity index (χ1) is 11.2. The molecule has 2 aromatic rings. The molecule has 1 fully saturated rings. The number of ether oxygens (including phenoxy) is 1. The average Bonchev–Trinajstić information content (AvgIpc) is 3.40. The molecule has 1 N–H and O–H groups in total. The summed E-state index contributed by atoms with van der Waals surface area (Å²) >= 11 is 0. The Morgan fingerprint density at radius 1 is 1.09 bits per heavy atom. The second-order valence-electron chi connectivity index (χ2n) is 5.94. The Morgan fingerprint density at radius 2 is 1.74 bits per heavy atom. The van der Waals surface area contributed by atoms with E-state index < -0.39 is 0 Å². The van der Waals surface area contributed by atoms with Crippen LogP contribution in [0, 0.1) is 5.92 Å². The quantitative estimate of drug-likeness (QED) is 0.852. The summed E-state index contributed by atoms with van der Waals surface area (Å²) in [7, 11) is 1.80. The third-order valence-electron chi connectivity index (χ3n) is 3.98. The minimum atomic E-state index is 0.0716. The Labute approximate surface area is 137 Å². The number of carbonyl (C=O) groups excluding carboxylic acids is 1. The highest BCUT2D eigenvalue weighted by atomic mass is 16.5. The van der Waals surface area contributed by atoms with Crippen molar-refractivity contribution in [2.24, 2.45) is 5.92 Å². The molecular weight excluding hydrogens is 288 g/mol. The molecule has 2 aromatic carbocycles. The van der Waals surface area contributed by atoms with E-state index in [4.69, 9.17) is 4.74 Å². The first-order valence-corrected chi connectivity index (χ1v) is 8.02.